The Bertz CT molecular complexity index is 51.1. The molecule has 3 heteroatoms. The molecular weight excluding hydrogens is 78.1 g/mol. The fourth-order valence-corrected chi connectivity index (χ4v) is 0.318. The van der Waals surface area contributed by atoms with Crippen LogP contribution in [0.25, 0.3) is 0 Å². The molecule has 0 fully saturated rings. The van der Waals surface area contributed by atoms with E-state index in [1.165, 1.54) is 0 Å². The van der Waals surface area contributed by atoms with E-state index in [1.54, 1.807) is 6.21 Å². The summed E-state index contributed by atoms with van der Waals surface area (Å²) >= 11 is 0. The van der Waals surface area contributed by atoms with Crippen LogP contribution >= 0.6 is 0 Å². The predicted molar refractivity (Wildman–Crippen MR) is 23.5 cm³/mol. The molecule has 0 saturated heterocycles. The fourth-order valence-electron chi connectivity index (χ4n) is 0.318. The van der Waals surface area contributed by atoms with Crippen molar-refractivity contribution >= 4 is 6.21 Å². The van der Waals surface area contributed by atoms with Crippen molar-refractivity contribution in [2.24, 2.45) is 4.99 Å². The van der Waals surface area contributed by atoms with Crippen LogP contribution < -0.4 is 10.9 Å². The summed E-state index contributed by atoms with van der Waals surface area (Å²) in [7, 11) is 0. The Kier molecular flexibility index (Phi) is 1.19. The number of nitrogens with one attached hydrogen (secondary N) is 1. The van der Waals surface area contributed by atoms with Gasteiger partial charge in [0.1, 0.15) is 6.67 Å². The molecule has 1 aliphatic heterocycles. The normalized spacial score (nSPS) is 21.3. The van der Waals surface area contributed by atoms with Crippen molar-refractivity contribution in [2.75, 3.05) is 13.2 Å². The minimum Gasteiger partial charge on any atom is -0.279 e. The van der Waals surface area contributed by atoms with Crippen molar-refractivity contribution in [3.8, 4) is 0 Å². The van der Waals surface area contributed by atoms with Gasteiger partial charge >= 0.3 is 0 Å². The zero-order chi connectivity index (χ0) is 4.24. The van der Waals surface area contributed by atoms with E-state index < -0.39 is 0 Å². The van der Waals surface area contributed by atoms with Gasteiger partial charge < -0.3 is 0 Å². The lowest BCUT2D eigenvalue weighted by atomic mass is 10.7. The van der Waals surface area contributed by atoms with Crippen LogP contribution in [0.3, 0.4) is 0 Å². The van der Waals surface area contributed by atoms with Gasteiger partial charge in [0.25, 0.3) is 0 Å². The van der Waals surface area contributed by atoms with Crippen LogP contribution in [0.15, 0.2) is 4.99 Å². The van der Waals surface area contributed by atoms with E-state index in [4.69, 9.17) is 0 Å². The Balaban J connectivity index is 2.26. The Morgan fingerprint density at radius 2 is 2.67 bits per heavy atom. The second-order valence-electron chi connectivity index (χ2n) is 1.02. The van der Waals surface area contributed by atoms with Gasteiger partial charge in [-0.3, -0.25) is 4.99 Å². The third-order valence-corrected chi connectivity index (χ3v) is 0.576. The van der Waals surface area contributed by atoms with E-state index in [9.17, 15) is 0 Å². The second kappa shape index (κ2) is 1.89. The van der Waals surface area contributed by atoms with Gasteiger partial charge in [0, 0.05) is 6.21 Å². The predicted octanol–water partition coefficient (Wildman–Crippen LogP) is -0.863. The van der Waals surface area contributed by atoms with Gasteiger partial charge in [-0.1, -0.05) is 0 Å². The van der Waals surface area contributed by atoms with Gasteiger partial charge in [0.15, 0.2) is 0 Å². The van der Waals surface area contributed by atoms with Crippen LogP contribution in [0.1, 0.15) is 0 Å². The van der Waals surface area contributed by atoms with Gasteiger partial charge in [0.05, 0.1) is 6.54 Å². The van der Waals surface area contributed by atoms with Crippen molar-refractivity contribution < 1.29 is 0 Å². The quantitative estimate of drug-likeness (QED) is 0.407. The molecule has 33 valence electrons. The van der Waals surface area contributed by atoms with Crippen LogP contribution in [0.2, 0.25) is 0 Å². The molecular formula is C3H6N3. The Hall–Kier alpha value is -0.410. The highest BCUT2D eigenvalue weighted by molar-refractivity contribution is 5.59. The number of nitrogens with zero attached hydrogens (tertiary/aromatic N) is 2. The molecule has 0 unspecified atom stereocenters. The standard InChI is InChI=1S/C3H6N3/c1-2-5-6-3-4-1/h1,6H,2-3H2. The highest BCUT2D eigenvalue weighted by atomic mass is 15.4. The maximum atomic E-state index is 3.85. The lowest BCUT2D eigenvalue weighted by Gasteiger charge is -2.00. The van der Waals surface area contributed by atoms with Crippen LogP contribution in [-0.4, -0.2) is 19.4 Å². The molecule has 1 heterocycles. The van der Waals surface area contributed by atoms with Crippen molar-refractivity contribution in [3.05, 3.63) is 0 Å². The van der Waals surface area contributed by atoms with Crippen LogP contribution in [-0.2, 0) is 0 Å². The number of aliphatic imine (C=N–C) groups is 1. The zero-order valence-corrected chi connectivity index (χ0v) is 3.39. The minimum absolute atomic E-state index is 0.653. The molecule has 0 saturated carbocycles. The van der Waals surface area contributed by atoms with Gasteiger partial charge in [-0.2, -0.15) is 5.43 Å². The first-order valence-corrected chi connectivity index (χ1v) is 1.88. The van der Waals surface area contributed by atoms with E-state index >= 15 is 0 Å². The molecule has 3 nitrogen and oxygen atoms in total. The summed E-state index contributed by atoms with van der Waals surface area (Å²) in [6, 6.07) is 0. The highest BCUT2D eigenvalue weighted by Crippen LogP contribution is 1.65. The SMILES string of the molecule is C1=NCN[N]C1. The molecule has 0 atom stereocenters. The average Bonchev–Trinajstić information content (AvgIpc) is 1.72. The maximum absolute atomic E-state index is 3.85. The molecule has 1 radical (unpaired) electrons. The van der Waals surface area contributed by atoms with Crippen LogP contribution in [0.4, 0.5) is 0 Å². The largest absolute Gasteiger partial charge is 0.279 e. The van der Waals surface area contributed by atoms with Crippen LogP contribution in [0, 0.1) is 0 Å². The van der Waals surface area contributed by atoms with E-state index in [-0.39, 0.29) is 0 Å². The summed E-state index contributed by atoms with van der Waals surface area (Å²) in [6.07, 6.45) is 1.79. The Morgan fingerprint density at radius 3 is 2.83 bits per heavy atom. The summed E-state index contributed by atoms with van der Waals surface area (Å²) in [6.45, 7) is 1.38. The van der Waals surface area contributed by atoms with Gasteiger partial charge in [-0.05, 0) is 0 Å². The molecule has 0 aromatic heterocycles. The van der Waals surface area contributed by atoms with Gasteiger partial charge in [-0.15, -0.1) is 0 Å². The summed E-state index contributed by atoms with van der Waals surface area (Å²) in [5.41, 5.74) is 6.49. The molecule has 0 aliphatic carbocycles. The molecule has 6 heavy (non-hydrogen) atoms. The molecule has 1 rings (SSSR count). The topological polar surface area (TPSA) is 38.5 Å². The third kappa shape index (κ3) is 0.771. The molecule has 0 bridgehead atoms. The maximum Gasteiger partial charge on any atom is 0.102 e. The van der Waals surface area contributed by atoms with Crippen LogP contribution in [0.5, 0.6) is 0 Å². The molecule has 1 aliphatic rings. The molecule has 1 N–H and O–H groups in total. The number of hydrogen-bond donors (Lipinski definition) is 1. The van der Waals surface area contributed by atoms with E-state index in [0.29, 0.717) is 6.67 Å². The molecule has 0 spiro atoms. The zero-order valence-electron chi connectivity index (χ0n) is 3.39. The number of hydrogen-bond acceptors (Lipinski definition) is 2. The lowest BCUT2D eigenvalue weighted by Crippen LogP contribution is -2.30. The smallest absolute Gasteiger partial charge is 0.102 e. The Morgan fingerprint density at radius 1 is 1.67 bits per heavy atom. The van der Waals surface area contributed by atoms with Crippen molar-refractivity contribution in [1.82, 2.24) is 10.9 Å². The average molecular weight is 84.1 g/mol. The Labute approximate surface area is 36.4 Å². The first-order chi connectivity index (χ1) is 3.00. The first kappa shape index (κ1) is 3.77. The van der Waals surface area contributed by atoms with Crippen molar-refractivity contribution in [2.45, 2.75) is 0 Å². The van der Waals surface area contributed by atoms with Gasteiger partial charge in [-0.25, -0.2) is 5.43 Å². The summed E-state index contributed by atoms with van der Waals surface area (Å²) in [5.74, 6) is 0. The van der Waals surface area contributed by atoms with E-state index in [1.807, 2.05) is 0 Å². The van der Waals surface area contributed by atoms with Gasteiger partial charge in [0.2, 0.25) is 0 Å². The monoisotopic (exact) mass is 84.1 g/mol. The summed E-state index contributed by atoms with van der Waals surface area (Å²) < 4.78 is 0. The third-order valence-electron chi connectivity index (χ3n) is 0.576. The second-order valence-corrected chi connectivity index (χ2v) is 1.02. The van der Waals surface area contributed by atoms with Crippen molar-refractivity contribution in [1.29, 1.82) is 0 Å². The van der Waals surface area contributed by atoms with E-state index in [2.05, 4.69) is 15.8 Å². The molecule has 0 amide bonds. The first-order valence-electron chi connectivity index (χ1n) is 1.88. The molecule has 0 aromatic carbocycles. The lowest BCUT2D eigenvalue weighted by molar-refractivity contribution is 0.560. The number of rotatable bonds is 0. The highest BCUT2D eigenvalue weighted by Gasteiger charge is 1.85. The summed E-state index contributed by atoms with van der Waals surface area (Å²) in [4.78, 5) is 3.85. The fraction of sp³-hybridized carbons (Fsp3) is 0.667. The van der Waals surface area contributed by atoms with Crippen molar-refractivity contribution in [3.63, 3.8) is 0 Å². The van der Waals surface area contributed by atoms with E-state index in [0.717, 1.165) is 6.54 Å². The summed E-state index contributed by atoms with van der Waals surface area (Å²) in [5, 5.41) is 0. The molecule has 0 aromatic rings. The minimum atomic E-state index is 0.653.